The number of piperidine rings is 1. The van der Waals surface area contributed by atoms with Crippen LogP contribution in [0.25, 0.3) is 0 Å². The Bertz CT molecular complexity index is 469. The van der Waals surface area contributed by atoms with Gasteiger partial charge in [0.1, 0.15) is 6.20 Å². The zero-order chi connectivity index (χ0) is 13.8. The zero-order valence-electron chi connectivity index (χ0n) is 10.6. The standard InChI is InChI=1S/C11H15ClN4O3/c1-2-19-8-4-3-5-15(7-8)10-9(16(17)18)6-13-11(12)14-10/h6,8H,2-5,7H2,1H3. The van der Waals surface area contributed by atoms with Crippen molar-refractivity contribution < 1.29 is 9.66 Å². The maximum atomic E-state index is 11.0. The molecule has 2 heterocycles. The van der Waals surface area contributed by atoms with E-state index in [0.717, 1.165) is 19.0 Å². The van der Waals surface area contributed by atoms with E-state index in [0.29, 0.717) is 19.7 Å². The number of anilines is 1. The van der Waals surface area contributed by atoms with Crippen molar-refractivity contribution in [2.24, 2.45) is 0 Å². The van der Waals surface area contributed by atoms with E-state index in [-0.39, 0.29) is 22.9 Å². The molecule has 8 heteroatoms. The van der Waals surface area contributed by atoms with Gasteiger partial charge in [-0.05, 0) is 31.4 Å². The Labute approximate surface area is 115 Å². The summed E-state index contributed by atoms with van der Waals surface area (Å²) in [7, 11) is 0. The third-order valence-electron chi connectivity index (χ3n) is 3.00. The molecule has 0 N–H and O–H groups in total. The Morgan fingerprint density at radius 2 is 2.47 bits per heavy atom. The summed E-state index contributed by atoms with van der Waals surface area (Å²) >= 11 is 5.74. The summed E-state index contributed by atoms with van der Waals surface area (Å²) in [5, 5.41) is 11.0. The van der Waals surface area contributed by atoms with Crippen LogP contribution in [-0.2, 0) is 4.74 Å². The highest BCUT2D eigenvalue weighted by molar-refractivity contribution is 6.28. The molecule has 104 valence electrons. The van der Waals surface area contributed by atoms with Gasteiger partial charge in [-0.25, -0.2) is 4.98 Å². The molecule has 1 atom stereocenters. The van der Waals surface area contributed by atoms with Crippen LogP contribution in [0.15, 0.2) is 6.20 Å². The number of nitro groups is 1. The number of ether oxygens (including phenoxy) is 1. The molecule has 0 bridgehead atoms. The fourth-order valence-corrected chi connectivity index (χ4v) is 2.34. The predicted molar refractivity (Wildman–Crippen MR) is 70.6 cm³/mol. The Morgan fingerprint density at radius 3 is 3.16 bits per heavy atom. The van der Waals surface area contributed by atoms with Gasteiger partial charge in [-0.1, -0.05) is 0 Å². The fourth-order valence-electron chi connectivity index (χ4n) is 2.21. The molecule has 0 amide bonds. The van der Waals surface area contributed by atoms with E-state index < -0.39 is 4.92 Å². The molecule has 1 aromatic heterocycles. The molecule has 1 saturated heterocycles. The quantitative estimate of drug-likeness (QED) is 0.479. The molecule has 7 nitrogen and oxygen atoms in total. The highest BCUT2D eigenvalue weighted by Gasteiger charge is 2.27. The van der Waals surface area contributed by atoms with Gasteiger partial charge in [0.15, 0.2) is 0 Å². The van der Waals surface area contributed by atoms with Gasteiger partial charge in [0.2, 0.25) is 11.1 Å². The third-order valence-corrected chi connectivity index (χ3v) is 3.18. The average Bonchev–Trinajstić information content (AvgIpc) is 2.39. The first-order valence-corrected chi connectivity index (χ1v) is 6.53. The Kier molecular flexibility index (Phi) is 4.49. The second-order valence-corrected chi connectivity index (χ2v) is 4.61. The van der Waals surface area contributed by atoms with Gasteiger partial charge in [0.25, 0.3) is 0 Å². The van der Waals surface area contributed by atoms with Crippen molar-refractivity contribution in [3.05, 3.63) is 21.6 Å². The lowest BCUT2D eigenvalue weighted by molar-refractivity contribution is -0.384. The lowest BCUT2D eigenvalue weighted by atomic mass is 10.1. The van der Waals surface area contributed by atoms with Crippen LogP contribution in [-0.4, -0.2) is 40.7 Å². The summed E-state index contributed by atoms with van der Waals surface area (Å²) in [6.07, 6.45) is 3.09. The zero-order valence-corrected chi connectivity index (χ0v) is 11.3. The normalized spacial score (nSPS) is 19.5. The van der Waals surface area contributed by atoms with Gasteiger partial charge in [-0.3, -0.25) is 10.1 Å². The topological polar surface area (TPSA) is 81.4 Å². The Hall–Kier alpha value is -1.47. The van der Waals surface area contributed by atoms with E-state index in [1.54, 1.807) is 0 Å². The van der Waals surface area contributed by atoms with E-state index in [4.69, 9.17) is 16.3 Å². The molecule has 0 aliphatic carbocycles. The SMILES string of the molecule is CCOC1CCCN(c2nc(Cl)ncc2[N+](=O)[O-])C1. The van der Waals surface area contributed by atoms with Crippen molar-refractivity contribution in [3.8, 4) is 0 Å². The summed E-state index contributed by atoms with van der Waals surface area (Å²) in [5.74, 6) is 0.273. The van der Waals surface area contributed by atoms with Gasteiger partial charge >= 0.3 is 5.69 Å². The van der Waals surface area contributed by atoms with Gasteiger partial charge in [-0.15, -0.1) is 0 Å². The lowest BCUT2D eigenvalue weighted by Crippen LogP contribution is -2.40. The first-order valence-electron chi connectivity index (χ1n) is 6.15. The van der Waals surface area contributed by atoms with Crippen LogP contribution in [0.3, 0.4) is 0 Å². The van der Waals surface area contributed by atoms with E-state index in [9.17, 15) is 10.1 Å². The number of halogens is 1. The number of aromatic nitrogens is 2. The van der Waals surface area contributed by atoms with Crippen molar-refractivity contribution in [1.29, 1.82) is 0 Å². The van der Waals surface area contributed by atoms with E-state index in [1.807, 2.05) is 11.8 Å². The second kappa shape index (κ2) is 6.12. The van der Waals surface area contributed by atoms with E-state index >= 15 is 0 Å². The van der Waals surface area contributed by atoms with Gasteiger partial charge < -0.3 is 9.64 Å². The molecule has 0 spiro atoms. The summed E-state index contributed by atoms with van der Waals surface area (Å²) in [6.45, 7) is 3.86. The number of hydrogen-bond donors (Lipinski definition) is 0. The van der Waals surface area contributed by atoms with Crippen molar-refractivity contribution in [3.63, 3.8) is 0 Å². The second-order valence-electron chi connectivity index (χ2n) is 4.27. The smallest absolute Gasteiger partial charge is 0.329 e. The summed E-state index contributed by atoms with van der Waals surface area (Å²) in [4.78, 5) is 20.0. The average molecular weight is 287 g/mol. The minimum absolute atomic E-state index is 0.0131. The molecule has 1 unspecified atom stereocenters. The summed E-state index contributed by atoms with van der Waals surface area (Å²) in [6, 6.07) is 0. The number of nitrogens with zero attached hydrogens (tertiary/aromatic N) is 4. The van der Waals surface area contributed by atoms with Crippen molar-refractivity contribution >= 4 is 23.1 Å². The third kappa shape index (κ3) is 3.30. The molecule has 19 heavy (non-hydrogen) atoms. The molecule has 0 radical (unpaired) electrons. The fraction of sp³-hybridized carbons (Fsp3) is 0.636. The highest BCUT2D eigenvalue weighted by Crippen LogP contribution is 2.29. The van der Waals surface area contributed by atoms with E-state index in [1.165, 1.54) is 0 Å². The van der Waals surface area contributed by atoms with Gasteiger partial charge in [0, 0.05) is 19.7 Å². The first-order chi connectivity index (χ1) is 9.11. The molecule has 2 rings (SSSR count). The molecular formula is C11H15ClN4O3. The van der Waals surface area contributed by atoms with Gasteiger partial charge in [0.05, 0.1) is 11.0 Å². The van der Waals surface area contributed by atoms with Crippen molar-refractivity contribution in [2.75, 3.05) is 24.6 Å². The molecule has 0 aromatic carbocycles. The predicted octanol–water partition coefficient (Wildman–Crippen LogP) is 2.04. The largest absolute Gasteiger partial charge is 0.377 e. The monoisotopic (exact) mass is 286 g/mol. The molecule has 1 aliphatic rings. The molecular weight excluding hydrogens is 272 g/mol. The minimum atomic E-state index is -0.490. The molecule has 1 aliphatic heterocycles. The van der Waals surface area contributed by atoms with Gasteiger partial charge in [-0.2, -0.15) is 4.98 Å². The van der Waals surface area contributed by atoms with Crippen molar-refractivity contribution in [1.82, 2.24) is 9.97 Å². The highest BCUT2D eigenvalue weighted by atomic mass is 35.5. The van der Waals surface area contributed by atoms with Crippen LogP contribution in [0.5, 0.6) is 0 Å². The maximum absolute atomic E-state index is 11.0. The Morgan fingerprint density at radius 1 is 1.68 bits per heavy atom. The van der Waals surface area contributed by atoms with E-state index in [2.05, 4.69) is 9.97 Å². The van der Waals surface area contributed by atoms with Crippen LogP contribution in [0.2, 0.25) is 5.28 Å². The molecule has 0 saturated carbocycles. The Balaban J connectivity index is 2.24. The summed E-state index contributed by atoms with van der Waals surface area (Å²) in [5.41, 5.74) is -0.124. The molecule has 1 aromatic rings. The first kappa shape index (κ1) is 14.0. The van der Waals surface area contributed by atoms with Crippen LogP contribution >= 0.6 is 11.6 Å². The van der Waals surface area contributed by atoms with Crippen LogP contribution in [0.4, 0.5) is 11.5 Å². The van der Waals surface area contributed by atoms with Crippen LogP contribution < -0.4 is 4.90 Å². The van der Waals surface area contributed by atoms with Crippen LogP contribution in [0.1, 0.15) is 19.8 Å². The number of hydrogen-bond acceptors (Lipinski definition) is 6. The number of rotatable bonds is 4. The lowest BCUT2D eigenvalue weighted by Gasteiger charge is -2.32. The minimum Gasteiger partial charge on any atom is -0.377 e. The van der Waals surface area contributed by atoms with Crippen molar-refractivity contribution in [2.45, 2.75) is 25.9 Å². The maximum Gasteiger partial charge on any atom is 0.329 e. The molecule has 1 fully saturated rings. The van der Waals surface area contributed by atoms with Crippen LogP contribution in [0, 0.1) is 10.1 Å². The summed E-state index contributed by atoms with van der Waals surface area (Å²) < 4.78 is 5.58.